The zero-order valence-corrected chi connectivity index (χ0v) is 25.6. The number of methoxy groups -OCH3 is 1. The summed E-state index contributed by atoms with van der Waals surface area (Å²) < 4.78 is 26.2. The second-order valence-corrected chi connectivity index (χ2v) is 13.2. The fourth-order valence-corrected chi connectivity index (χ4v) is 7.41. The summed E-state index contributed by atoms with van der Waals surface area (Å²) in [6.45, 7) is 2.50. The van der Waals surface area contributed by atoms with Gasteiger partial charge in [0.25, 0.3) is 0 Å². The normalized spacial score (nSPS) is 21.9. The summed E-state index contributed by atoms with van der Waals surface area (Å²) in [4.78, 5) is 16.7. The molecule has 1 fully saturated rings. The van der Waals surface area contributed by atoms with E-state index in [2.05, 4.69) is 23.6 Å². The minimum Gasteiger partial charge on any atom is -0.497 e. The fraction of sp³-hybridized carbons (Fsp3) is 0.294. The molecule has 9 heteroatoms. The Morgan fingerprint density at radius 2 is 1.86 bits per heavy atom. The number of ether oxygens (including phenoxy) is 2. The number of halogens is 1. The zero-order valence-electron chi connectivity index (χ0n) is 24.0. The van der Waals surface area contributed by atoms with Gasteiger partial charge in [-0.15, -0.1) is 0 Å². The number of carbonyl (C=O) groups is 1. The first-order valence-corrected chi connectivity index (χ1v) is 16.2. The molecule has 2 aliphatic rings. The van der Waals surface area contributed by atoms with Crippen molar-refractivity contribution in [3.8, 4) is 16.9 Å². The summed E-state index contributed by atoms with van der Waals surface area (Å²) in [7, 11) is 0.861. The molecule has 1 aromatic heterocycles. The third-order valence-electron chi connectivity index (χ3n) is 8.31. The summed E-state index contributed by atoms with van der Waals surface area (Å²) in [5.41, 5.74) is 4.89. The van der Waals surface area contributed by atoms with Crippen molar-refractivity contribution in [1.29, 1.82) is 0 Å². The number of allylic oxidation sites excluding steroid dienone is 3. The predicted octanol–water partition coefficient (Wildman–Crippen LogP) is 7.54. The Balaban J connectivity index is 1.27. The van der Waals surface area contributed by atoms with E-state index in [9.17, 15) is 14.1 Å². The molecule has 3 aromatic carbocycles. The van der Waals surface area contributed by atoms with E-state index >= 15 is 0 Å². The molecule has 222 valence electrons. The summed E-state index contributed by atoms with van der Waals surface area (Å²) in [5, 5.41) is 10.2. The topological polar surface area (TPSA) is 90.7 Å². The molecule has 1 aliphatic carbocycles. The number of hydrogen-bond donors (Lipinski definition) is 1. The second kappa shape index (κ2) is 12.4. The number of hydrogen-bond acceptors (Lipinski definition) is 5. The van der Waals surface area contributed by atoms with Gasteiger partial charge in [0, 0.05) is 44.9 Å². The lowest BCUT2D eigenvalue weighted by molar-refractivity contribution is 0.0697. The van der Waals surface area contributed by atoms with Gasteiger partial charge >= 0.3 is 5.97 Å². The van der Waals surface area contributed by atoms with Crippen LogP contribution in [0.25, 0.3) is 22.2 Å². The molecule has 1 N–H and O–H groups in total. The highest BCUT2D eigenvalue weighted by atomic mass is 35.5. The zero-order chi connectivity index (χ0) is 30.1. The standard InChI is InChI=1S/C34H33ClN2O5S/c1-21-17-28(42-20-24-18-27(41-2)8-11-30(24)22-3-6-25(35)7-4-22)9-10-29(21)33-36-31-19-23(34(38)39)5-12-32(31)37(33)26-13-15-43(40)16-14-26/h3-12,17-19,21,26,29H,13-16,20H2,1-2H3,(H,38,39). The number of carboxylic acids is 1. The van der Waals surface area contributed by atoms with Crippen molar-refractivity contribution in [2.24, 2.45) is 5.92 Å². The molecule has 0 amide bonds. The Kier molecular flexibility index (Phi) is 8.41. The molecule has 6 rings (SSSR count). The molecular formula is C34H33ClN2O5S. The van der Waals surface area contributed by atoms with Gasteiger partial charge in [-0.3, -0.25) is 4.21 Å². The van der Waals surface area contributed by atoms with Crippen LogP contribution in [-0.2, 0) is 22.1 Å². The van der Waals surface area contributed by atoms with Crippen LogP contribution in [0.3, 0.4) is 0 Å². The number of aromatic nitrogens is 2. The first-order valence-electron chi connectivity index (χ1n) is 14.4. The molecule has 7 nitrogen and oxygen atoms in total. The quantitative estimate of drug-likeness (QED) is 0.220. The van der Waals surface area contributed by atoms with Gasteiger partial charge in [-0.05, 0) is 84.5 Å². The molecule has 43 heavy (non-hydrogen) atoms. The van der Waals surface area contributed by atoms with Crippen LogP contribution >= 0.6 is 11.6 Å². The largest absolute Gasteiger partial charge is 0.497 e. The van der Waals surface area contributed by atoms with E-state index in [1.165, 1.54) is 0 Å². The molecular weight excluding hydrogens is 584 g/mol. The molecule has 2 heterocycles. The molecule has 4 aromatic rings. The Hall–Kier alpha value is -3.88. The first-order chi connectivity index (χ1) is 20.8. The number of imidazole rings is 1. The maximum atomic E-state index is 12.1. The molecule has 0 bridgehead atoms. The van der Waals surface area contributed by atoms with Crippen LogP contribution in [0.4, 0.5) is 0 Å². The van der Waals surface area contributed by atoms with Crippen molar-refractivity contribution >= 4 is 39.4 Å². The molecule has 2 atom stereocenters. The maximum absolute atomic E-state index is 12.1. The lowest BCUT2D eigenvalue weighted by Gasteiger charge is -2.29. The van der Waals surface area contributed by atoms with E-state index in [1.807, 2.05) is 54.6 Å². The Morgan fingerprint density at radius 3 is 2.56 bits per heavy atom. The number of aromatic carboxylic acids is 1. The van der Waals surface area contributed by atoms with Gasteiger partial charge in [-0.2, -0.15) is 0 Å². The molecule has 0 spiro atoms. The first kappa shape index (κ1) is 29.2. The van der Waals surface area contributed by atoms with E-state index < -0.39 is 16.8 Å². The van der Waals surface area contributed by atoms with Crippen molar-refractivity contribution in [1.82, 2.24) is 9.55 Å². The van der Waals surface area contributed by atoms with E-state index in [0.717, 1.165) is 52.4 Å². The van der Waals surface area contributed by atoms with Crippen molar-refractivity contribution < 1.29 is 23.6 Å². The number of nitrogens with zero attached hydrogens (tertiary/aromatic N) is 2. The van der Waals surface area contributed by atoms with E-state index in [-0.39, 0.29) is 23.4 Å². The van der Waals surface area contributed by atoms with Gasteiger partial charge in [-0.25, -0.2) is 9.78 Å². The van der Waals surface area contributed by atoms with E-state index in [1.54, 1.807) is 19.2 Å². The van der Waals surface area contributed by atoms with Crippen molar-refractivity contribution in [3.05, 3.63) is 107 Å². The average Bonchev–Trinajstić information content (AvgIpc) is 3.39. The summed E-state index contributed by atoms with van der Waals surface area (Å²) >= 11 is 6.12. The third kappa shape index (κ3) is 6.12. The monoisotopic (exact) mass is 616 g/mol. The molecule has 2 unspecified atom stereocenters. The van der Waals surface area contributed by atoms with Crippen molar-refractivity contribution in [2.45, 2.75) is 38.3 Å². The van der Waals surface area contributed by atoms with Crippen LogP contribution in [0.1, 0.15) is 53.5 Å². The Morgan fingerprint density at radius 1 is 1.09 bits per heavy atom. The van der Waals surface area contributed by atoms with Crippen LogP contribution < -0.4 is 4.74 Å². The lowest BCUT2D eigenvalue weighted by Crippen LogP contribution is -2.25. The number of carboxylic acid groups (broad SMARTS) is 1. The van der Waals surface area contributed by atoms with Crippen LogP contribution in [0.2, 0.25) is 5.02 Å². The Bertz CT molecular complexity index is 1750. The number of benzene rings is 3. The summed E-state index contributed by atoms with van der Waals surface area (Å²) in [5.74, 6) is 2.83. The highest BCUT2D eigenvalue weighted by molar-refractivity contribution is 7.85. The predicted molar refractivity (Wildman–Crippen MR) is 170 cm³/mol. The smallest absolute Gasteiger partial charge is 0.335 e. The van der Waals surface area contributed by atoms with Crippen molar-refractivity contribution in [2.75, 3.05) is 18.6 Å². The van der Waals surface area contributed by atoms with Gasteiger partial charge in [0.2, 0.25) is 0 Å². The van der Waals surface area contributed by atoms with Gasteiger partial charge in [0.05, 0.1) is 23.7 Å². The van der Waals surface area contributed by atoms with E-state index in [0.29, 0.717) is 28.7 Å². The second-order valence-electron chi connectivity index (χ2n) is 11.1. The van der Waals surface area contributed by atoms with Crippen LogP contribution in [0.15, 0.2) is 84.7 Å². The number of fused-ring (bicyclic) bond motifs is 1. The highest BCUT2D eigenvalue weighted by Gasteiger charge is 2.30. The van der Waals surface area contributed by atoms with E-state index in [4.69, 9.17) is 26.1 Å². The SMILES string of the molecule is COc1ccc(-c2ccc(Cl)cc2)c(COC2=CC(C)C(c3nc4cc(C(=O)O)ccc4n3C3CCS(=O)CC3)C=C2)c1. The summed E-state index contributed by atoms with van der Waals surface area (Å²) in [6, 6.07) is 19.0. The van der Waals surface area contributed by atoms with Gasteiger partial charge in [-0.1, -0.05) is 42.8 Å². The number of rotatable bonds is 8. The third-order valence-corrected chi connectivity index (χ3v) is 9.94. The highest BCUT2D eigenvalue weighted by Crippen LogP contribution is 2.38. The van der Waals surface area contributed by atoms with Crippen LogP contribution in [0.5, 0.6) is 5.75 Å². The molecule has 1 saturated heterocycles. The molecule has 0 saturated carbocycles. The van der Waals surface area contributed by atoms with Gasteiger partial charge in [0.1, 0.15) is 23.9 Å². The maximum Gasteiger partial charge on any atom is 0.335 e. The van der Waals surface area contributed by atoms with Crippen molar-refractivity contribution in [3.63, 3.8) is 0 Å². The minimum absolute atomic E-state index is 0.0260. The molecule has 1 aliphatic heterocycles. The molecule has 0 radical (unpaired) electrons. The minimum atomic E-state index is -0.975. The van der Waals surface area contributed by atoms with Crippen LogP contribution in [-0.4, -0.2) is 43.5 Å². The van der Waals surface area contributed by atoms with Crippen LogP contribution in [0, 0.1) is 5.92 Å². The van der Waals surface area contributed by atoms with Gasteiger partial charge in [0.15, 0.2) is 0 Å². The lowest BCUT2D eigenvalue weighted by atomic mass is 9.88. The average molecular weight is 617 g/mol. The Labute approximate surface area is 258 Å². The summed E-state index contributed by atoms with van der Waals surface area (Å²) in [6.07, 6.45) is 7.85. The van der Waals surface area contributed by atoms with Gasteiger partial charge < -0.3 is 19.1 Å². The fourth-order valence-electron chi connectivity index (χ4n) is 6.01.